The molecule has 0 saturated carbocycles. The Hall–Kier alpha value is -2.13. The van der Waals surface area contributed by atoms with Crippen LogP contribution in [0.3, 0.4) is 0 Å². The lowest BCUT2D eigenvalue weighted by Gasteiger charge is -2.07. The Labute approximate surface area is 125 Å². The van der Waals surface area contributed by atoms with E-state index in [1.807, 2.05) is 13.0 Å². The normalized spacial score (nSPS) is 10.1. The van der Waals surface area contributed by atoms with Crippen molar-refractivity contribution in [2.24, 2.45) is 0 Å². The minimum Gasteiger partial charge on any atom is -0.307 e. The maximum Gasteiger partial charge on any atom is 0.256 e. The molecule has 0 unspecified atom stereocenters. The van der Waals surface area contributed by atoms with Gasteiger partial charge in [0.15, 0.2) is 0 Å². The fourth-order valence-electron chi connectivity index (χ4n) is 1.79. The van der Waals surface area contributed by atoms with Crippen LogP contribution in [0.25, 0.3) is 0 Å². The van der Waals surface area contributed by atoms with Crippen LogP contribution < -0.4 is 5.32 Å². The molecule has 2 rings (SSSR count). The van der Waals surface area contributed by atoms with Crippen LogP contribution in [-0.2, 0) is 6.54 Å². The molecule has 1 N–H and O–H groups in total. The number of carbonyl (C=O) groups excluding carboxylic acids is 1. The van der Waals surface area contributed by atoms with Crippen LogP contribution in [0.5, 0.6) is 0 Å². The van der Waals surface area contributed by atoms with Gasteiger partial charge in [-0.25, -0.2) is 4.68 Å². The average Bonchev–Trinajstić information content (AvgIpc) is 2.76. The van der Waals surface area contributed by atoms with Crippen LogP contribution in [0.2, 0.25) is 0 Å². The first-order valence-corrected chi connectivity index (χ1v) is 6.88. The van der Waals surface area contributed by atoms with Crippen molar-refractivity contribution in [3.05, 3.63) is 46.1 Å². The number of carbonyl (C=O) groups is 1. The van der Waals surface area contributed by atoms with Gasteiger partial charge in [0.1, 0.15) is 5.82 Å². The van der Waals surface area contributed by atoms with Crippen molar-refractivity contribution >= 4 is 27.7 Å². The van der Waals surface area contributed by atoms with Crippen molar-refractivity contribution in [2.75, 3.05) is 5.32 Å². The first-order chi connectivity index (χ1) is 9.60. The Bertz CT molecular complexity index is 672. The van der Waals surface area contributed by atoms with Gasteiger partial charge in [-0.1, -0.05) is 22.0 Å². The number of nitriles is 1. The smallest absolute Gasteiger partial charge is 0.256 e. The van der Waals surface area contributed by atoms with Crippen LogP contribution >= 0.6 is 15.9 Å². The first kappa shape index (κ1) is 14.3. The number of aromatic nitrogens is 2. The second kappa shape index (κ2) is 6.35. The summed E-state index contributed by atoms with van der Waals surface area (Å²) in [4.78, 5) is 12.2. The van der Waals surface area contributed by atoms with Gasteiger partial charge in [0.2, 0.25) is 0 Å². The number of anilines is 1. The largest absolute Gasteiger partial charge is 0.307 e. The standard InChI is InChI=1S/C14H13BrN4O/c1-10-8-13(19(18-10)7-3-6-16)17-14(20)11-4-2-5-12(15)9-11/h2,4-5,8-9H,3,7H2,1H3,(H,17,20). The van der Waals surface area contributed by atoms with E-state index in [2.05, 4.69) is 32.4 Å². The number of benzene rings is 1. The molecule has 0 radical (unpaired) electrons. The average molecular weight is 333 g/mol. The zero-order chi connectivity index (χ0) is 14.5. The SMILES string of the molecule is Cc1cc(NC(=O)c2cccc(Br)c2)n(CCC#N)n1. The van der Waals surface area contributed by atoms with E-state index in [4.69, 9.17) is 5.26 Å². The zero-order valence-electron chi connectivity index (χ0n) is 10.9. The minimum absolute atomic E-state index is 0.204. The summed E-state index contributed by atoms with van der Waals surface area (Å²) >= 11 is 3.34. The summed E-state index contributed by atoms with van der Waals surface area (Å²) in [6, 6.07) is 11.0. The Morgan fingerprint density at radius 3 is 3.00 bits per heavy atom. The number of rotatable bonds is 4. The van der Waals surface area contributed by atoms with Gasteiger partial charge < -0.3 is 5.32 Å². The number of halogens is 1. The molecule has 0 fully saturated rings. The molecule has 1 aromatic carbocycles. The van der Waals surface area contributed by atoms with Gasteiger partial charge in [0.25, 0.3) is 5.91 Å². The fourth-order valence-corrected chi connectivity index (χ4v) is 2.19. The number of hydrogen-bond acceptors (Lipinski definition) is 3. The molecule has 0 aliphatic carbocycles. The Balaban J connectivity index is 2.17. The molecule has 102 valence electrons. The highest BCUT2D eigenvalue weighted by atomic mass is 79.9. The lowest BCUT2D eigenvalue weighted by Crippen LogP contribution is -2.15. The summed E-state index contributed by atoms with van der Waals surface area (Å²) in [6.45, 7) is 2.30. The maximum atomic E-state index is 12.2. The van der Waals surface area contributed by atoms with Crippen molar-refractivity contribution in [2.45, 2.75) is 19.9 Å². The van der Waals surface area contributed by atoms with Crippen LogP contribution in [-0.4, -0.2) is 15.7 Å². The van der Waals surface area contributed by atoms with E-state index >= 15 is 0 Å². The van der Waals surface area contributed by atoms with E-state index in [1.54, 1.807) is 28.9 Å². The van der Waals surface area contributed by atoms with Crippen molar-refractivity contribution < 1.29 is 4.79 Å². The van der Waals surface area contributed by atoms with Gasteiger partial charge in [-0.05, 0) is 25.1 Å². The van der Waals surface area contributed by atoms with Crippen molar-refractivity contribution in [3.8, 4) is 6.07 Å². The zero-order valence-corrected chi connectivity index (χ0v) is 12.5. The molecule has 1 aromatic heterocycles. The highest BCUT2D eigenvalue weighted by Gasteiger charge is 2.11. The molecule has 2 aromatic rings. The maximum absolute atomic E-state index is 12.2. The van der Waals surface area contributed by atoms with Gasteiger partial charge in [-0.2, -0.15) is 10.4 Å². The van der Waals surface area contributed by atoms with Crippen LogP contribution in [0.1, 0.15) is 22.5 Å². The quantitative estimate of drug-likeness (QED) is 0.934. The summed E-state index contributed by atoms with van der Waals surface area (Å²) in [6.07, 6.45) is 0.348. The van der Waals surface area contributed by atoms with Gasteiger partial charge >= 0.3 is 0 Å². The van der Waals surface area contributed by atoms with Crippen molar-refractivity contribution in [1.82, 2.24) is 9.78 Å². The number of amides is 1. The molecule has 0 atom stereocenters. The first-order valence-electron chi connectivity index (χ1n) is 6.08. The molecule has 6 heteroatoms. The number of nitrogens with zero attached hydrogens (tertiary/aromatic N) is 3. The lowest BCUT2D eigenvalue weighted by atomic mass is 10.2. The summed E-state index contributed by atoms with van der Waals surface area (Å²) in [5.74, 6) is 0.395. The number of aryl methyl sites for hydroxylation is 2. The third-order valence-electron chi connectivity index (χ3n) is 2.67. The topological polar surface area (TPSA) is 70.7 Å². The fraction of sp³-hybridized carbons (Fsp3) is 0.214. The molecule has 20 heavy (non-hydrogen) atoms. The lowest BCUT2D eigenvalue weighted by molar-refractivity contribution is 0.102. The molecule has 0 bridgehead atoms. The number of hydrogen-bond donors (Lipinski definition) is 1. The second-order valence-corrected chi connectivity index (χ2v) is 5.18. The van der Waals surface area contributed by atoms with Gasteiger partial charge in [-0.15, -0.1) is 0 Å². The second-order valence-electron chi connectivity index (χ2n) is 4.27. The van der Waals surface area contributed by atoms with E-state index in [0.29, 0.717) is 24.3 Å². The number of nitrogens with one attached hydrogen (secondary N) is 1. The van der Waals surface area contributed by atoms with Gasteiger partial charge in [0, 0.05) is 16.1 Å². The van der Waals surface area contributed by atoms with Gasteiger partial charge in [-0.3, -0.25) is 4.79 Å². The highest BCUT2D eigenvalue weighted by Crippen LogP contribution is 2.15. The Morgan fingerprint density at radius 2 is 2.30 bits per heavy atom. The molecular formula is C14H13BrN4O. The third-order valence-corrected chi connectivity index (χ3v) is 3.16. The van der Waals surface area contributed by atoms with E-state index in [-0.39, 0.29) is 5.91 Å². The van der Waals surface area contributed by atoms with Crippen LogP contribution in [0.15, 0.2) is 34.8 Å². The van der Waals surface area contributed by atoms with E-state index in [0.717, 1.165) is 10.2 Å². The molecule has 1 amide bonds. The summed E-state index contributed by atoms with van der Waals surface area (Å²) in [7, 11) is 0. The molecule has 0 saturated heterocycles. The highest BCUT2D eigenvalue weighted by molar-refractivity contribution is 9.10. The van der Waals surface area contributed by atoms with Crippen molar-refractivity contribution in [1.29, 1.82) is 5.26 Å². The monoisotopic (exact) mass is 332 g/mol. The predicted molar refractivity (Wildman–Crippen MR) is 79.3 cm³/mol. The summed E-state index contributed by atoms with van der Waals surface area (Å²) in [5, 5.41) is 15.7. The van der Waals surface area contributed by atoms with Crippen molar-refractivity contribution in [3.63, 3.8) is 0 Å². The van der Waals surface area contributed by atoms with Crippen LogP contribution in [0.4, 0.5) is 5.82 Å². The molecule has 5 nitrogen and oxygen atoms in total. The van der Waals surface area contributed by atoms with E-state index in [1.165, 1.54) is 0 Å². The molecule has 0 aliphatic heterocycles. The summed E-state index contributed by atoms with van der Waals surface area (Å²) < 4.78 is 2.48. The molecule has 1 heterocycles. The third kappa shape index (κ3) is 3.45. The predicted octanol–water partition coefficient (Wildman–Crippen LogP) is 3.12. The molecule has 0 spiro atoms. The van der Waals surface area contributed by atoms with E-state index in [9.17, 15) is 4.79 Å². The Morgan fingerprint density at radius 1 is 1.50 bits per heavy atom. The van der Waals surface area contributed by atoms with Crippen LogP contribution in [0, 0.1) is 18.3 Å². The van der Waals surface area contributed by atoms with Gasteiger partial charge in [0.05, 0.1) is 24.7 Å². The Kier molecular flexibility index (Phi) is 4.53. The minimum atomic E-state index is -0.204. The summed E-state index contributed by atoms with van der Waals surface area (Å²) in [5.41, 5.74) is 1.36. The van der Waals surface area contributed by atoms with E-state index < -0.39 is 0 Å². The molecule has 0 aliphatic rings. The molecular weight excluding hydrogens is 320 g/mol.